The van der Waals surface area contributed by atoms with Crippen LogP contribution in [0.4, 0.5) is 5.69 Å². The molecule has 1 heterocycles. The minimum absolute atomic E-state index is 0.0627. The van der Waals surface area contributed by atoms with Crippen molar-refractivity contribution in [1.29, 1.82) is 0 Å². The molecule has 18 heavy (non-hydrogen) atoms. The SMILES string of the molecule is CC(C)C(CN)C(=O)Nc1ccc(C(=O)O)nc1. The molecule has 1 amide bonds. The number of aromatic nitrogens is 1. The number of rotatable bonds is 5. The first kappa shape index (κ1) is 14.1. The van der Waals surface area contributed by atoms with E-state index in [-0.39, 0.29) is 30.0 Å². The minimum atomic E-state index is -1.10. The van der Waals surface area contributed by atoms with E-state index >= 15 is 0 Å². The van der Waals surface area contributed by atoms with Gasteiger partial charge < -0.3 is 16.2 Å². The molecule has 0 aliphatic rings. The van der Waals surface area contributed by atoms with Crippen LogP contribution in [0, 0.1) is 11.8 Å². The van der Waals surface area contributed by atoms with Crippen LogP contribution in [0.3, 0.4) is 0 Å². The topological polar surface area (TPSA) is 105 Å². The predicted molar refractivity (Wildman–Crippen MR) is 67.2 cm³/mol. The maximum absolute atomic E-state index is 11.9. The number of aromatic carboxylic acids is 1. The third-order valence-electron chi connectivity index (χ3n) is 2.65. The molecule has 0 aliphatic heterocycles. The van der Waals surface area contributed by atoms with Crippen molar-refractivity contribution in [1.82, 2.24) is 4.98 Å². The molecular weight excluding hydrogens is 234 g/mol. The molecule has 0 spiro atoms. The maximum Gasteiger partial charge on any atom is 0.354 e. The fraction of sp³-hybridized carbons (Fsp3) is 0.417. The van der Waals surface area contributed by atoms with Crippen molar-refractivity contribution in [2.24, 2.45) is 17.6 Å². The summed E-state index contributed by atoms with van der Waals surface area (Å²) in [6.45, 7) is 4.11. The second kappa shape index (κ2) is 6.11. The predicted octanol–water partition coefficient (Wildman–Crippen LogP) is 0.949. The lowest BCUT2D eigenvalue weighted by Gasteiger charge is -2.18. The summed E-state index contributed by atoms with van der Waals surface area (Å²) in [5.74, 6) is -1.42. The van der Waals surface area contributed by atoms with Crippen LogP contribution in [-0.2, 0) is 4.79 Å². The van der Waals surface area contributed by atoms with Crippen LogP contribution in [0.15, 0.2) is 18.3 Å². The van der Waals surface area contributed by atoms with Gasteiger partial charge in [0.25, 0.3) is 0 Å². The summed E-state index contributed by atoms with van der Waals surface area (Å²) in [6.07, 6.45) is 1.31. The Balaban J connectivity index is 2.73. The summed E-state index contributed by atoms with van der Waals surface area (Å²) in [5.41, 5.74) is 5.94. The summed E-state index contributed by atoms with van der Waals surface area (Å²) in [4.78, 5) is 26.2. The third-order valence-corrected chi connectivity index (χ3v) is 2.65. The molecule has 1 aromatic rings. The standard InChI is InChI=1S/C12H17N3O3/c1-7(2)9(5-13)11(16)15-8-3-4-10(12(17)18)14-6-8/h3-4,6-7,9H,5,13H2,1-2H3,(H,15,16)(H,17,18). The first-order chi connectivity index (χ1) is 8.45. The van der Waals surface area contributed by atoms with Crippen LogP contribution < -0.4 is 11.1 Å². The highest BCUT2D eigenvalue weighted by Crippen LogP contribution is 2.13. The molecule has 0 saturated carbocycles. The van der Waals surface area contributed by atoms with Gasteiger partial charge in [-0.2, -0.15) is 0 Å². The van der Waals surface area contributed by atoms with Crippen LogP contribution in [0.2, 0.25) is 0 Å². The van der Waals surface area contributed by atoms with Gasteiger partial charge in [-0.15, -0.1) is 0 Å². The van der Waals surface area contributed by atoms with E-state index in [2.05, 4.69) is 10.3 Å². The molecule has 0 aliphatic carbocycles. The Bertz CT molecular complexity index is 429. The number of anilines is 1. The van der Waals surface area contributed by atoms with E-state index in [4.69, 9.17) is 10.8 Å². The molecule has 6 nitrogen and oxygen atoms in total. The monoisotopic (exact) mass is 251 g/mol. The average molecular weight is 251 g/mol. The molecule has 4 N–H and O–H groups in total. The van der Waals surface area contributed by atoms with Gasteiger partial charge in [0.1, 0.15) is 5.69 Å². The van der Waals surface area contributed by atoms with Crippen molar-refractivity contribution in [2.45, 2.75) is 13.8 Å². The van der Waals surface area contributed by atoms with Gasteiger partial charge in [0.15, 0.2) is 0 Å². The van der Waals surface area contributed by atoms with E-state index in [1.165, 1.54) is 18.3 Å². The largest absolute Gasteiger partial charge is 0.477 e. The zero-order valence-corrected chi connectivity index (χ0v) is 10.4. The van der Waals surface area contributed by atoms with Crippen LogP contribution >= 0.6 is 0 Å². The second-order valence-electron chi connectivity index (χ2n) is 4.31. The number of nitrogens with one attached hydrogen (secondary N) is 1. The number of carbonyl (C=O) groups excluding carboxylic acids is 1. The zero-order valence-electron chi connectivity index (χ0n) is 10.4. The molecule has 1 aromatic heterocycles. The average Bonchev–Trinajstić information content (AvgIpc) is 2.29. The molecular formula is C12H17N3O3. The molecule has 0 aromatic carbocycles. The number of pyridine rings is 1. The van der Waals surface area contributed by atoms with Gasteiger partial charge in [-0.05, 0) is 18.1 Å². The number of hydrogen-bond donors (Lipinski definition) is 3. The Morgan fingerprint density at radius 3 is 2.50 bits per heavy atom. The second-order valence-corrected chi connectivity index (χ2v) is 4.31. The van der Waals surface area contributed by atoms with Gasteiger partial charge in [0.2, 0.25) is 5.91 Å². The lowest BCUT2D eigenvalue weighted by Crippen LogP contribution is -2.33. The Morgan fingerprint density at radius 2 is 2.11 bits per heavy atom. The maximum atomic E-state index is 11.9. The molecule has 1 unspecified atom stereocenters. The van der Waals surface area contributed by atoms with Gasteiger partial charge >= 0.3 is 5.97 Å². The molecule has 1 rings (SSSR count). The summed E-state index contributed by atoms with van der Waals surface area (Å²) < 4.78 is 0. The Hall–Kier alpha value is -1.95. The van der Waals surface area contributed by atoms with E-state index in [0.29, 0.717) is 5.69 Å². The summed E-state index contributed by atoms with van der Waals surface area (Å²) in [6, 6.07) is 2.84. The normalized spacial score (nSPS) is 12.2. The zero-order chi connectivity index (χ0) is 13.7. The highest BCUT2D eigenvalue weighted by atomic mass is 16.4. The number of carbonyl (C=O) groups is 2. The Labute approximate surface area is 105 Å². The van der Waals surface area contributed by atoms with Crippen molar-refractivity contribution in [3.8, 4) is 0 Å². The van der Waals surface area contributed by atoms with Crippen molar-refractivity contribution in [3.63, 3.8) is 0 Å². The van der Waals surface area contributed by atoms with Gasteiger partial charge in [-0.25, -0.2) is 9.78 Å². The molecule has 0 bridgehead atoms. The van der Waals surface area contributed by atoms with Gasteiger partial charge in [0.05, 0.1) is 17.8 Å². The number of amides is 1. The number of nitrogens with zero attached hydrogens (tertiary/aromatic N) is 1. The van der Waals surface area contributed by atoms with E-state index in [0.717, 1.165) is 0 Å². The van der Waals surface area contributed by atoms with Crippen LogP contribution in [0.5, 0.6) is 0 Å². The molecule has 0 radical (unpaired) electrons. The number of hydrogen-bond acceptors (Lipinski definition) is 4. The molecule has 6 heteroatoms. The summed E-state index contributed by atoms with van der Waals surface area (Å²) >= 11 is 0. The lowest BCUT2D eigenvalue weighted by atomic mass is 9.95. The highest BCUT2D eigenvalue weighted by molar-refractivity contribution is 5.93. The number of carboxylic acids is 1. The molecule has 98 valence electrons. The van der Waals surface area contributed by atoms with Crippen molar-refractivity contribution in [2.75, 3.05) is 11.9 Å². The highest BCUT2D eigenvalue weighted by Gasteiger charge is 2.20. The fourth-order valence-corrected chi connectivity index (χ4v) is 1.51. The molecule has 0 fully saturated rings. The van der Waals surface area contributed by atoms with Gasteiger partial charge in [-0.1, -0.05) is 13.8 Å². The third kappa shape index (κ3) is 3.53. The van der Waals surface area contributed by atoms with E-state index in [9.17, 15) is 9.59 Å². The fourth-order valence-electron chi connectivity index (χ4n) is 1.51. The Kier molecular flexibility index (Phi) is 4.79. The first-order valence-corrected chi connectivity index (χ1v) is 5.66. The molecule has 1 atom stereocenters. The molecule has 0 saturated heterocycles. The minimum Gasteiger partial charge on any atom is -0.477 e. The van der Waals surface area contributed by atoms with E-state index < -0.39 is 5.97 Å². The van der Waals surface area contributed by atoms with Gasteiger partial charge in [0, 0.05) is 6.54 Å². The van der Waals surface area contributed by atoms with Crippen LogP contribution in [-0.4, -0.2) is 28.5 Å². The number of nitrogens with two attached hydrogens (primary N) is 1. The first-order valence-electron chi connectivity index (χ1n) is 5.66. The smallest absolute Gasteiger partial charge is 0.354 e. The Morgan fingerprint density at radius 1 is 1.44 bits per heavy atom. The quantitative estimate of drug-likeness (QED) is 0.722. The lowest BCUT2D eigenvalue weighted by molar-refractivity contribution is -0.120. The van der Waals surface area contributed by atoms with Gasteiger partial charge in [-0.3, -0.25) is 4.79 Å². The van der Waals surface area contributed by atoms with Crippen LogP contribution in [0.1, 0.15) is 24.3 Å². The summed E-state index contributed by atoms with van der Waals surface area (Å²) in [7, 11) is 0. The van der Waals surface area contributed by atoms with E-state index in [1.54, 1.807) is 0 Å². The van der Waals surface area contributed by atoms with Crippen molar-refractivity contribution in [3.05, 3.63) is 24.0 Å². The summed E-state index contributed by atoms with van der Waals surface area (Å²) in [5, 5.41) is 11.4. The van der Waals surface area contributed by atoms with E-state index in [1.807, 2.05) is 13.8 Å². The number of carboxylic acid groups (broad SMARTS) is 1. The van der Waals surface area contributed by atoms with Crippen molar-refractivity contribution < 1.29 is 14.7 Å². The van der Waals surface area contributed by atoms with Crippen LogP contribution in [0.25, 0.3) is 0 Å². The van der Waals surface area contributed by atoms with Crippen molar-refractivity contribution >= 4 is 17.6 Å².